The predicted octanol–water partition coefficient (Wildman–Crippen LogP) is -1.36. The third-order valence-corrected chi connectivity index (χ3v) is 1.32. The lowest BCUT2D eigenvalue weighted by molar-refractivity contribution is -0.0611. The lowest BCUT2D eigenvalue weighted by atomic mass is 10.1. The van der Waals surface area contributed by atoms with E-state index in [1.54, 1.807) is 13.0 Å². The van der Waals surface area contributed by atoms with Gasteiger partial charge in [0.2, 0.25) is 0 Å². The monoisotopic (exact) mass is 162 g/mol. The normalized spacial score (nSPS) is 20.1. The first-order valence-electron chi connectivity index (χ1n) is 3.41. The highest BCUT2D eigenvalue weighted by molar-refractivity contribution is 4.92. The van der Waals surface area contributed by atoms with Gasteiger partial charge in [0.1, 0.15) is 18.3 Å². The Hall–Kier alpha value is -0.420. The zero-order chi connectivity index (χ0) is 8.85. The molecular weight excluding hydrogens is 148 g/mol. The number of aliphatic hydroxyl groups is 4. The van der Waals surface area contributed by atoms with Crippen molar-refractivity contribution >= 4 is 0 Å². The van der Waals surface area contributed by atoms with Gasteiger partial charge in [-0.1, -0.05) is 12.2 Å². The van der Waals surface area contributed by atoms with E-state index in [0.717, 1.165) is 0 Å². The highest BCUT2D eigenvalue weighted by Gasteiger charge is 2.21. The fraction of sp³-hybridized carbons (Fsp3) is 0.714. The van der Waals surface area contributed by atoms with E-state index in [1.165, 1.54) is 6.08 Å². The smallest absolute Gasteiger partial charge is 0.112 e. The zero-order valence-corrected chi connectivity index (χ0v) is 6.38. The molecule has 4 N–H and O–H groups in total. The van der Waals surface area contributed by atoms with Crippen molar-refractivity contribution in [3.8, 4) is 0 Å². The summed E-state index contributed by atoms with van der Waals surface area (Å²) in [6.07, 6.45) is -0.846. The molecule has 0 spiro atoms. The van der Waals surface area contributed by atoms with Crippen LogP contribution >= 0.6 is 0 Å². The van der Waals surface area contributed by atoms with Gasteiger partial charge in [-0.05, 0) is 6.92 Å². The number of hydrogen-bond acceptors (Lipinski definition) is 4. The molecular formula is C7H14O4. The molecule has 4 nitrogen and oxygen atoms in total. The summed E-state index contributed by atoms with van der Waals surface area (Å²) in [5.41, 5.74) is 0. The molecule has 0 saturated carbocycles. The van der Waals surface area contributed by atoms with Gasteiger partial charge in [-0.2, -0.15) is 0 Å². The van der Waals surface area contributed by atoms with Crippen LogP contribution in [0.25, 0.3) is 0 Å². The topological polar surface area (TPSA) is 80.9 Å². The fourth-order valence-electron chi connectivity index (χ4n) is 0.647. The fourth-order valence-corrected chi connectivity index (χ4v) is 0.647. The molecule has 0 bridgehead atoms. The van der Waals surface area contributed by atoms with Gasteiger partial charge in [0.25, 0.3) is 0 Å². The van der Waals surface area contributed by atoms with E-state index in [2.05, 4.69) is 0 Å². The molecule has 4 heteroatoms. The zero-order valence-electron chi connectivity index (χ0n) is 6.38. The van der Waals surface area contributed by atoms with E-state index < -0.39 is 24.9 Å². The average molecular weight is 162 g/mol. The van der Waals surface area contributed by atoms with Crippen LogP contribution in [0.4, 0.5) is 0 Å². The van der Waals surface area contributed by atoms with Crippen molar-refractivity contribution < 1.29 is 20.4 Å². The minimum absolute atomic E-state index is 0.560. The van der Waals surface area contributed by atoms with Crippen LogP contribution in [-0.4, -0.2) is 45.3 Å². The van der Waals surface area contributed by atoms with Crippen molar-refractivity contribution in [2.75, 3.05) is 6.61 Å². The molecule has 0 fully saturated rings. The van der Waals surface area contributed by atoms with Crippen LogP contribution in [0.5, 0.6) is 0 Å². The molecule has 3 atom stereocenters. The molecule has 0 rings (SSSR count). The van der Waals surface area contributed by atoms with Crippen molar-refractivity contribution in [2.24, 2.45) is 0 Å². The molecule has 0 aromatic rings. The first-order chi connectivity index (χ1) is 5.13. The van der Waals surface area contributed by atoms with Crippen LogP contribution in [-0.2, 0) is 0 Å². The molecule has 11 heavy (non-hydrogen) atoms. The first-order valence-corrected chi connectivity index (χ1v) is 3.41. The Morgan fingerprint density at radius 2 is 1.82 bits per heavy atom. The Morgan fingerprint density at radius 3 is 2.18 bits per heavy atom. The SMILES string of the molecule is C/C=C/[C@H](O)[C@H](O)[C@H](O)CO. The average Bonchev–Trinajstić information content (AvgIpc) is 2.02. The van der Waals surface area contributed by atoms with Crippen molar-refractivity contribution in [1.82, 2.24) is 0 Å². The van der Waals surface area contributed by atoms with Gasteiger partial charge in [-0.25, -0.2) is 0 Å². The Kier molecular flexibility index (Phi) is 5.06. The van der Waals surface area contributed by atoms with Crippen molar-refractivity contribution in [3.63, 3.8) is 0 Å². The predicted molar refractivity (Wildman–Crippen MR) is 39.9 cm³/mol. The maximum absolute atomic E-state index is 9.01. The Morgan fingerprint density at radius 1 is 1.27 bits per heavy atom. The maximum Gasteiger partial charge on any atom is 0.112 e. The molecule has 0 aromatic carbocycles. The maximum atomic E-state index is 9.01. The summed E-state index contributed by atoms with van der Waals surface area (Å²) in [5, 5.41) is 35.2. The standard InChI is InChI=1S/C7H14O4/c1-2-3-5(9)7(11)6(10)4-8/h2-3,5-11H,4H2,1H3/b3-2+/t5-,6+,7-/m0/s1. The second-order valence-electron chi connectivity index (χ2n) is 2.26. The highest BCUT2D eigenvalue weighted by Crippen LogP contribution is 2.00. The third kappa shape index (κ3) is 3.48. The van der Waals surface area contributed by atoms with Gasteiger partial charge in [-0.15, -0.1) is 0 Å². The molecule has 0 aliphatic heterocycles. The Balaban J connectivity index is 3.90. The third-order valence-electron chi connectivity index (χ3n) is 1.32. The van der Waals surface area contributed by atoms with Crippen LogP contribution in [0.1, 0.15) is 6.92 Å². The van der Waals surface area contributed by atoms with Crippen LogP contribution in [0, 0.1) is 0 Å². The molecule has 0 aliphatic rings. The van der Waals surface area contributed by atoms with Crippen molar-refractivity contribution in [2.45, 2.75) is 25.2 Å². The molecule has 0 radical (unpaired) electrons. The number of hydrogen-bond donors (Lipinski definition) is 4. The molecule has 0 aliphatic carbocycles. The van der Waals surface area contributed by atoms with E-state index in [9.17, 15) is 0 Å². The van der Waals surface area contributed by atoms with E-state index in [0.29, 0.717) is 0 Å². The van der Waals surface area contributed by atoms with Crippen LogP contribution in [0.3, 0.4) is 0 Å². The Bertz CT molecular complexity index is 124. The summed E-state index contributed by atoms with van der Waals surface area (Å²) < 4.78 is 0. The Labute approximate surface area is 65.4 Å². The van der Waals surface area contributed by atoms with E-state index in [1.807, 2.05) is 0 Å². The van der Waals surface area contributed by atoms with Crippen molar-refractivity contribution in [3.05, 3.63) is 12.2 Å². The number of allylic oxidation sites excluding steroid dienone is 1. The summed E-state index contributed by atoms with van der Waals surface area (Å²) in [6, 6.07) is 0. The summed E-state index contributed by atoms with van der Waals surface area (Å²) in [6.45, 7) is 1.12. The van der Waals surface area contributed by atoms with Gasteiger partial charge in [-0.3, -0.25) is 0 Å². The molecule has 0 unspecified atom stereocenters. The van der Waals surface area contributed by atoms with Gasteiger partial charge in [0.15, 0.2) is 0 Å². The lowest BCUT2D eigenvalue weighted by Crippen LogP contribution is -2.38. The summed E-state index contributed by atoms with van der Waals surface area (Å²) in [7, 11) is 0. The van der Waals surface area contributed by atoms with Crippen LogP contribution < -0.4 is 0 Å². The number of aliphatic hydroxyl groups excluding tert-OH is 4. The summed E-state index contributed by atoms with van der Waals surface area (Å²) in [5.74, 6) is 0. The molecule has 0 heterocycles. The highest BCUT2D eigenvalue weighted by atomic mass is 16.4. The quantitative estimate of drug-likeness (QED) is 0.385. The summed E-state index contributed by atoms with van der Waals surface area (Å²) in [4.78, 5) is 0. The molecule has 66 valence electrons. The minimum Gasteiger partial charge on any atom is -0.394 e. The van der Waals surface area contributed by atoms with Gasteiger partial charge < -0.3 is 20.4 Å². The largest absolute Gasteiger partial charge is 0.394 e. The van der Waals surface area contributed by atoms with Crippen molar-refractivity contribution in [1.29, 1.82) is 0 Å². The van der Waals surface area contributed by atoms with Crippen LogP contribution in [0.2, 0.25) is 0 Å². The molecule has 0 aromatic heterocycles. The lowest BCUT2D eigenvalue weighted by Gasteiger charge is -2.18. The minimum atomic E-state index is -1.32. The van der Waals surface area contributed by atoms with E-state index >= 15 is 0 Å². The van der Waals surface area contributed by atoms with E-state index in [4.69, 9.17) is 20.4 Å². The second-order valence-corrected chi connectivity index (χ2v) is 2.26. The van der Waals surface area contributed by atoms with Crippen LogP contribution in [0.15, 0.2) is 12.2 Å². The van der Waals surface area contributed by atoms with Gasteiger partial charge >= 0.3 is 0 Å². The van der Waals surface area contributed by atoms with Gasteiger partial charge in [0.05, 0.1) is 6.61 Å². The summed E-state index contributed by atoms with van der Waals surface area (Å²) >= 11 is 0. The van der Waals surface area contributed by atoms with Gasteiger partial charge in [0, 0.05) is 0 Å². The molecule has 0 saturated heterocycles. The second kappa shape index (κ2) is 5.26. The number of rotatable bonds is 4. The molecule has 0 amide bonds. The van der Waals surface area contributed by atoms with E-state index in [-0.39, 0.29) is 0 Å². The first kappa shape index (κ1) is 10.6.